The number of fused-ring (bicyclic) bond motifs is 1. The van der Waals surface area contributed by atoms with E-state index in [1.807, 2.05) is 43.3 Å². The molecule has 2 aromatic rings. The first-order valence-electron chi connectivity index (χ1n) is 7.63. The minimum atomic E-state index is -0.165. The van der Waals surface area contributed by atoms with E-state index >= 15 is 0 Å². The van der Waals surface area contributed by atoms with Gasteiger partial charge in [0.1, 0.15) is 5.75 Å². The van der Waals surface area contributed by atoms with Gasteiger partial charge < -0.3 is 15.4 Å². The van der Waals surface area contributed by atoms with Crippen LogP contribution in [0.25, 0.3) is 0 Å². The van der Waals surface area contributed by atoms with E-state index in [1.54, 1.807) is 0 Å². The van der Waals surface area contributed by atoms with Gasteiger partial charge in [-0.15, -0.1) is 0 Å². The lowest BCUT2D eigenvalue weighted by Crippen LogP contribution is -2.25. The minimum absolute atomic E-state index is 0.0418. The Kier molecular flexibility index (Phi) is 4.85. The molecule has 1 heterocycles. The number of rotatable bonds is 4. The molecule has 0 radical (unpaired) electrons. The molecule has 124 valence electrons. The number of nitrogens with one attached hydrogen (secondary N) is 2. The minimum Gasteiger partial charge on any atom is -0.482 e. The SMILES string of the molecule is Cc1ccc(NC(=O)CCc2ccc3c(c2)NC(=O)CO3)c(Br)c1. The summed E-state index contributed by atoms with van der Waals surface area (Å²) in [6.45, 7) is 2.04. The third kappa shape index (κ3) is 3.94. The van der Waals surface area contributed by atoms with Gasteiger partial charge in [0.25, 0.3) is 5.91 Å². The number of benzene rings is 2. The van der Waals surface area contributed by atoms with Crippen LogP contribution in [0.1, 0.15) is 17.5 Å². The van der Waals surface area contributed by atoms with Gasteiger partial charge in [-0.3, -0.25) is 9.59 Å². The van der Waals surface area contributed by atoms with Crippen LogP contribution in [-0.2, 0) is 16.0 Å². The zero-order valence-electron chi connectivity index (χ0n) is 13.2. The molecule has 0 saturated heterocycles. The molecule has 1 aliphatic heterocycles. The molecule has 0 bridgehead atoms. The van der Waals surface area contributed by atoms with Crippen molar-refractivity contribution in [2.45, 2.75) is 19.8 Å². The molecule has 0 saturated carbocycles. The highest BCUT2D eigenvalue weighted by atomic mass is 79.9. The van der Waals surface area contributed by atoms with Gasteiger partial charge >= 0.3 is 0 Å². The van der Waals surface area contributed by atoms with Gasteiger partial charge in [-0.1, -0.05) is 12.1 Å². The van der Waals surface area contributed by atoms with Crippen LogP contribution in [0.3, 0.4) is 0 Å². The summed E-state index contributed by atoms with van der Waals surface area (Å²) in [6, 6.07) is 11.4. The van der Waals surface area contributed by atoms with Crippen molar-refractivity contribution in [2.75, 3.05) is 17.2 Å². The van der Waals surface area contributed by atoms with E-state index in [9.17, 15) is 9.59 Å². The second-order valence-corrected chi connectivity index (χ2v) is 6.55. The summed E-state index contributed by atoms with van der Waals surface area (Å²) in [5, 5.41) is 5.67. The molecule has 6 heteroatoms. The summed E-state index contributed by atoms with van der Waals surface area (Å²) in [6.07, 6.45) is 0.937. The summed E-state index contributed by atoms with van der Waals surface area (Å²) in [7, 11) is 0. The summed E-state index contributed by atoms with van der Waals surface area (Å²) in [5.74, 6) is 0.436. The number of halogens is 1. The number of ether oxygens (including phenoxy) is 1. The Bertz CT molecular complexity index is 805. The zero-order valence-corrected chi connectivity index (χ0v) is 14.8. The third-order valence-corrected chi connectivity index (χ3v) is 4.37. The van der Waals surface area contributed by atoms with E-state index in [4.69, 9.17) is 4.74 Å². The largest absolute Gasteiger partial charge is 0.482 e. The highest BCUT2D eigenvalue weighted by Gasteiger charge is 2.16. The van der Waals surface area contributed by atoms with Crippen molar-refractivity contribution in [3.05, 3.63) is 52.0 Å². The first-order chi connectivity index (χ1) is 11.5. The summed E-state index contributed by atoms with van der Waals surface area (Å²) >= 11 is 3.45. The number of carbonyl (C=O) groups is 2. The molecule has 24 heavy (non-hydrogen) atoms. The van der Waals surface area contributed by atoms with Crippen molar-refractivity contribution < 1.29 is 14.3 Å². The predicted octanol–water partition coefficient (Wildman–Crippen LogP) is 3.66. The van der Waals surface area contributed by atoms with Gasteiger partial charge in [0.05, 0.1) is 11.4 Å². The second-order valence-electron chi connectivity index (χ2n) is 5.70. The Labute approximate surface area is 148 Å². The third-order valence-electron chi connectivity index (χ3n) is 3.72. The Morgan fingerprint density at radius 3 is 2.92 bits per heavy atom. The normalized spacial score (nSPS) is 12.8. The number of hydrogen-bond acceptors (Lipinski definition) is 3. The van der Waals surface area contributed by atoms with Gasteiger partial charge in [0.2, 0.25) is 5.91 Å². The summed E-state index contributed by atoms with van der Waals surface area (Å²) in [4.78, 5) is 23.5. The average molecular weight is 389 g/mol. The van der Waals surface area contributed by atoms with Crippen LogP contribution < -0.4 is 15.4 Å². The first kappa shape index (κ1) is 16.5. The molecule has 0 aromatic heterocycles. The Morgan fingerprint density at radius 1 is 1.29 bits per heavy atom. The Balaban J connectivity index is 1.60. The van der Waals surface area contributed by atoms with Gasteiger partial charge in [0.15, 0.2) is 6.61 Å². The molecule has 0 unspecified atom stereocenters. The quantitative estimate of drug-likeness (QED) is 0.839. The molecular formula is C18H17BrN2O3. The monoisotopic (exact) mass is 388 g/mol. The van der Waals surface area contributed by atoms with Gasteiger partial charge in [0, 0.05) is 10.9 Å². The summed E-state index contributed by atoms with van der Waals surface area (Å²) < 4.78 is 6.19. The molecule has 2 aromatic carbocycles. The van der Waals surface area contributed by atoms with Gasteiger partial charge in [-0.05, 0) is 64.7 Å². The van der Waals surface area contributed by atoms with Crippen molar-refractivity contribution in [3.63, 3.8) is 0 Å². The number of aryl methyl sites for hydroxylation is 2. The van der Waals surface area contributed by atoms with Gasteiger partial charge in [-0.25, -0.2) is 0 Å². The first-order valence-corrected chi connectivity index (χ1v) is 8.42. The molecule has 1 aliphatic rings. The summed E-state index contributed by atoms with van der Waals surface area (Å²) in [5.41, 5.74) is 3.51. The molecule has 0 atom stereocenters. The number of amides is 2. The lowest BCUT2D eigenvalue weighted by atomic mass is 10.1. The lowest BCUT2D eigenvalue weighted by Gasteiger charge is -2.18. The maximum atomic E-state index is 12.1. The smallest absolute Gasteiger partial charge is 0.262 e. The molecule has 2 amide bonds. The highest BCUT2D eigenvalue weighted by molar-refractivity contribution is 9.10. The number of anilines is 2. The number of hydrogen-bond donors (Lipinski definition) is 2. The Morgan fingerprint density at radius 2 is 2.12 bits per heavy atom. The fourth-order valence-corrected chi connectivity index (χ4v) is 3.07. The maximum Gasteiger partial charge on any atom is 0.262 e. The van der Waals surface area contributed by atoms with E-state index in [1.165, 1.54) is 0 Å². The number of carbonyl (C=O) groups excluding carboxylic acids is 2. The van der Waals surface area contributed by atoms with E-state index in [0.29, 0.717) is 24.3 Å². The van der Waals surface area contributed by atoms with Gasteiger partial charge in [-0.2, -0.15) is 0 Å². The van der Waals surface area contributed by atoms with E-state index in [0.717, 1.165) is 21.3 Å². The zero-order chi connectivity index (χ0) is 17.1. The predicted molar refractivity (Wildman–Crippen MR) is 96.4 cm³/mol. The second kappa shape index (κ2) is 7.05. The van der Waals surface area contributed by atoms with Crippen LogP contribution in [0.15, 0.2) is 40.9 Å². The topological polar surface area (TPSA) is 67.4 Å². The molecule has 2 N–H and O–H groups in total. The van der Waals surface area contributed by atoms with E-state index < -0.39 is 0 Å². The molecule has 3 rings (SSSR count). The lowest BCUT2D eigenvalue weighted by molar-refractivity contribution is -0.118. The van der Waals surface area contributed by atoms with Crippen LogP contribution in [0.4, 0.5) is 11.4 Å². The van der Waals surface area contributed by atoms with Crippen LogP contribution in [0.5, 0.6) is 5.75 Å². The fraction of sp³-hybridized carbons (Fsp3) is 0.222. The standard InChI is InChI=1S/C18H17BrN2O3/c1-11-2-5-14(13(19)8-11)20-17(22)7-4-12-3-6-16-15(9-12)21-18(23)10-24-16/h2-3,5-6,8-9H,4,7,10H2,1H3,(H,20,22)(H,21,23). The molecular weight excluding hydrogens is 372 g/mol. The van der Waals surface area contributed by atoms with E-state index in [-0.39, 0.29) is 18.4 Å². The van der Waals surface area contributed by atoms with Crippen LogP contribution in [-0.4, -0.2) is 18.4 Å². The van der Waals surface area contributed by atoms with Crippen LogP contribution in [0.2, 0.25) is 0 Å². The molecule has 0 aliphatic carbocycles. The van der Waals surface area contributed by atoms with Crippen LogP contribution in [0, 0.1) is 6.92 Å². The Hall–Kier alpha value is -2.34. The molecule has 5 nitrogen and oxygen atoms in total. The van der Waals surface area contributed by atoms with Crippen molar-refractivity contribution in [2.24, 2.45) is 0 Å². The van der Waals surface area contributed by atoms with Crippen molar-refractivity contribution in [3.8, 4) is 5.75 Å². The fourth-order valence-electron chi connectivity index (χ4n) is 2.48. The highest BCUT2D eigenvalue weighted by Crippen LogP contribution is 2.29. The van der Waals surface area contributed by atoms with Crippen LogP contribution >= 0.6 is 15.9 Å². The van der Waals surface area contributed by atoms with E-state index in [2.05, 4.69) is 26.6 Å². The maximum absolute atomic E-state index is 12.1. The average Bonchev–Trinajstić information content (AvgIpc) is 2.55. The van der Waals surface area contributed by atoms with Crippen molar-refractivity contribution in [1.82, 2.24) is 0 Å². The molecule has 0 fully saturated rings. The molecule has 0 spiro atoms. The van der Waals surface area contributed by atoms with Crippen molar-refractivity contribution in [1.29, 1.82) is 0 Å². The van der Waals surface area contributed by atoms with Crippen molar-refractivity contribution >= 4 is 39.1 Å².